The number of benzene rings is 1. The molecular formula is C18H27ClN2O3. The van der Waals surface area contributed by atoms with Crippen LogP contribution in [0.5, 0.6) is 0 Å². The standard InChI is InChI=1S/C18H27ClN2O3/c1-10(2)14(21-17(23)24-18(5,6)7)16(22)20-15-11(3)8-13(19)9-12(15)4/h8-10,14H,1-7H3,(H,20,22)(H,21,23)/t14-/m0/s1. The van der Waals surface area contributed by atoms with E-state index in [1.165, 1.54) is 0 Å². The van der Waals surface area contributed by atoms with E-state index in [1.807, 2.05) is 27.7 Å². The number of nitrogens with one attached hydrogen (secondary N) is 2. The number of anilines is 1. The van der Waals surface area contributed by atoms with Crippen LogP contribution < -0.4 is 10.6 Å². The van der Waals surface area contributed by atoms with Crippen LogP contribution in [-0.4, -0.2) is 23.6 Å². The van der Waals surface area contributed by atoms with Gasteiger partial charge in [0.25, 0.3) is 0 Å². The molecule has 0 saturated carbocycles. The Morgan fingerprint density at radius 3 is 2.04 bits per heavy atom. The summed E-state index contributed by atoms with van der Waals surface area (Å²) in [5.41, 5.74) is 1.83. The molecule has 1 atom stereocenters. The topological polar surface area (TPSA) is 67.4 Å². The van der Waals surface area contributed by atoms with E-state index < -0.39 is 17.7 Å². The minimum atomic E-state index is -0.700. The van der Waals surface area contributed by atoms with Crippen LogP contribution in [0.25, 0.3) is 0 Å². The predicted octanol–water partition coefficient (Wildman–Crippen LogP) is 4.44. The van der Waals surface area contributed by atoms with Gasteiger partial charge in [0, 0.05) is 10.7 Å². The molecule has 0 bridgehead atoms. The van der Waals surface area contributed by atoms with Crippen molar-refractivity contribution in [2.24, 2.45) is 5.92 Å². The third kappa shape index (κ3) is 6.04. The Kier molecular flexibility index (Phi) is 6.67. The van der Waals surface area contributed by atoms with Gasteiger partial charge in [-0.25, -0.2) is 4.79 Å². The molecule has 0 saturated heterocycles. The highest BCUT2D eigenvalue weighted by atomic mass is 35.5. The molecule has 0 heterocycles. The van der Waals surface area contributed by atoms with Gasteiger partial charge in [0.2, 0.25) is 5.91 Å². The SMILES string of the molecule is Cc1cc(Cl)cc(C)c1NC(=O)[C@@H](NC(=O)OC(C)(C)C)C(C)C. The number of alkyl carbamates (subject to hydrolysis) is 1. The third-order valence-electron chi connectivity index (χ3n) is 3.37. The van der Waals surface area contributed by atoms with E-state index in [4.69, 9.17) is 16.3 Å². The zero-order valence-electron chi connectivity index (χ0n) is 15.4. The van der Waals surface area contributed by atoms with Crippen molar-refractivity contribution < 1.29 is 14.3 Å². The number of ether oxygens (including phenoxy) is 1. The molecule has 0 aliphatic carbocycles. The van der Waals surface area contributed by atoms with Crippen molar-refractivity contribution in [2.75, 3.05) is 5.32 Å². The largest absolute Gasteiger partial charge is 0.444 e. The monoisotopic (exact) mass is 354 g/mol. The van der Waals surface area contributed by atoms with Crippen LogP contribution in [0, 0.1) is 19.8 Å². The molecule has 0 fully saturated rings. The van der Waals surface area contributed by atoms with Gasteiger partial charge in [0.1, 0.15) is 11.6 Å². The first-order valence-corrected chi connectivity index (χ1v) is 8.35. The van der Waals surface area contributed by atoms with Crippen LogP contribution in [0.2, 0.25) is 5.02 Å². The minimum absolute atomic E-state index is 0.0922. The summed E-state index contributed by atoms with van der Waals surface area (Å²) in [6, 6.07) is 2.88. The molecule has 24 heavy (non-hydrogen) atoms. The number of amides is 2. The van der Waals surface area contributed by atoms with Crippen molar-refractivity contribution in [3.8, 4) is 0 Å². The number of hydrogen-bond acceptors (Lipinski definition) is 3. The highest BCUT2D eigenvalue weighted by Crippen LogP contribution is 2.25. The fourth-order valence-corrected chi connectivity index (χ4v) is 2.61. The lowest BCUT2D eigenvalue weighted by Crippen LogP contribution is -2.48. The average molecular weight is 355 g/mol. The van der Waals surface area contributed by atoms with Gasteiger partial charge in [0.15, 0.2) is 0 Å². The summed E-state index contributed by atoms with van der Waals surface area (Å²) in [7, 11) is 0. The molecule has 1 rings (SSSR count). The average Bonchev–Trinajstić information content (AvgIpc) is 2.37. The Morgan fingerprint density at radius 2 is 1.62 bits per heavy atom. The first kappa shape index (κ1) is 20.3. The molecular weight excluding hydrogens is 328 g/mol. The normalized spacial score (nSPS) is 12.7. The molecule has 6 heteroatoms. The second-order valence-electron chi connectivity index (χ2n) is 7.27. The summed E-state index contributed by atoms with van der Waals surface area (Å²) in [4.78, 5) is 24.6. The van der Waals surface area contributed by atoms with E-state index in [0.717, 1.165) is 11.1 Å². The molecule has 2 amide bonds. The van der Waals surface area contributed by atoms with E-state index in [2.05, 4.69) is 10.6 Å². The second kappa shape index (κ2) is 7.88. The van der Waals surface area contributed by atoms with Crippen LogP contribution in [0.1, 0.15) is 45.7 Å². The van der Waals surface area contributed by atoms with Gasteiger partial charge >= 0.3 is 6.09 Å². The van der Waals surface area contributed by atoms with E-state index in [9.17, 15) is 9.59 Å². The van der Waals surface area contributed by atoms with Gasteiger partial charge in [-0.1, -0.05) is 25.4 Å². The Hall–Kier alpha value is -1.75. The van der Waals surface area contributed by atoms with Crippen LogP contribution in [0.4, 0.5) is 10.5 Å². The molecule has 0 aliphatic heterocycles. The van der Waals surface area contributed by atoms with Crippen molar-refractivity contribution in [2.45, 2.75) is 60.1 Å². The molecule has 1 aromatic carbocycles. The Labute approximate surface area is 149 Å². The number of rotatable bonds is 4. The first-order chi connectivity index (χ1) is 10.9. The quantitative estimate of drug-likeness (QED) is 0.839. The zero-order chi connectivity index (χ0) is 18.7. The van der Waals surface area contributed by atoms with Gasteiger partial charge in [-0.3, -0.25) is 4.79 Å². The van der Waals surface area contributed by atoms with Crippen molar-refractivity contribution in [3.05, 3.63) is 28.3 Å². The molecule has 5 nitrogen and oxygen atoms in total. The van der Waals surface area contributed by atoms with Gasteiger partial charge in [-0.05, 0) is 63.8 Å². The first-order valence-electron chi connectivity index (χ1n) is 7.98. The second-order valence-corrected chi connectivity index (χ2v) is 7.71. The van der Waals surface area contributed by atoms with E-state index in [-0.39, 0.29) is 11.8 Å². The summed E-state index contributed by atoms with van der Waals surface area (Å²) in [6.45, 7) is 12.8. The zero-order valence-corrected chi connectivity index (χ0v) is 16.2. The fraction of sp³-hybridized carbons (Fsp3) is 0.556. The Bertz CT molecular complexity index is 598. The summed E-state index contributed by atoms with van der Waals surface area (Å²) < 4.78 is 5.23. The maximum atomic E-state index is 12.6. The molecule has 0 spiro atoms. The van der Waals surface area contributed by atoms with E-state index in [0.29, 0.717) is 10.7 Å². The highest BCUT2D eigenvalue weighted by molar-refractivity contribution is 6.30. The van der Waals surface area contributed by atoms with Crippen LogP contribution in [0.15, 0.2) is 12.1 Å². The summed E-state index contributed by atoms with van der Waals surface area (Å²) in [5, 5.41) is 6.15. The van der Waals surface area contributed by atoms with Crippen molar-refractivity contribution in [1.29, 1.82) is 0 Å². The molecule has 0 aromatic heterocycles. The van der Waals surface area contributed by atoms with Crippen molar-refractivity contribution in [3.63, 3.8) is 0 Å². The maximum Gasteiger partial charge on any atom is 0.408 e. The Balaban J connectivity index is 2.91. The summed E-state index contributed by atoms with van der Waals surface area (Å²) in [6.07, 6.45) is -0.610. The van der Waals surface area contributed by atoms with Crippen molar-refractivity contribution in [1.82, 2.24) is 5.32 Å². The molecule has 0 unspecified atom stereocenters. The molecule has 0 aliphatic rings. The summed E-state index contributed by atoms with van der Waals surface area (Å²) in [5.74, 6) is -0.380. The fourth-order valence-electron chi connectivity index (χ4n) is 2.28. The van der Waals surface area contributed by atoms with Gasteiger partial charge < -0.3 is 15.4 Å². The number of halogens is 1. The molecule has 2 N–H and O–H groups in total. The lowest BCUT2D eigenvalue weighted by Gasteiger charge is -2.25. The minimum Gasteiger partial charge on any atom is -0.444 e. The van der Waals surface area contributed by atoms with Crippen LogP contribution in [-0.2, 0) is 9.53 Å². The third-order valence-corrected chi connectivity index (χ3v) is 3.59. The van der Waals surface area contributed by atoms with Crippen molar-refractivity contribution >= 4 is 29.3 Å². The molecule has 1 aromatic rings. The smallest absolute Gasteiger partial charge is 0.408 e. The lowest BCUT2D eigenvalue weighted by atomic mass is 10.0. The highest BCUT2D eigenvalue weighted by Gasteiger charge is 2.27. The number of hydrogen-bond donors (Lipinski definition) is 2. The molecule has 0 radical (unpaired) electrons. The Morgan fingerprint density at radius 1 is 1.12 bits per heavy atom. The lowest BCUT2D eigenvalue weighted by molar-refractivity contribution is -0.119. The predicted molar refractivity (Wildman–Crippen MR) is 97.6 cm³/mol. The number of carbonyl (C=O) groups is 2. The number of aryl methyl sites for hydroxylation is 2. The summed E-state index contributed by atoms with van der Waals surface area (Å²) >= 11 is 6.02. The van der Waals surface area contributed by atoms with E-state index in [1.54, 1.807) is 32.9 Å². The maximum absolute atomic E-state index is 12.6. The number of carbonyl (C=O) groups excluding carboxylic acids is 2. The van der Waals surface area contributed by atoms with E-state index >= 15 is 0 Å². The van der Waals surface area contributed by atoms with Crippen LogP contribution in [0.3, 0.4) is 0 Å². The van der Waals surface area contributed by atoms with Gasteiger partial charge in [-0.15, -0.1) is 0 Å². The van der Waals surface area contributed by atoms with Gasteiger partial charge in [0.05, 0.1) is 0 Å². The van der Waals surface area contributed by atoms with Gasteiger partial charge in [-0.2, -0.15) is 0 Å². The van der Waals surface area contributed by atoms with Crippen LogP contribution >= 0.6 is 11.6 Å². The molecule has 134 valence electrons.